The Morgan fingerprint density at radius 2 is 1.84 bits per heavy atom. The summed E-state index contributed by atoms with van der Waals surface area (Å²) in [6, 6.07) is 12.5. The van der Waals surface area contributed by atoms with Crippen LogP contribution in [0.1, 0.15) is 16.1 Å². The first-order valence-electron chi connectivity index (χ1n) is 7.23. The van der Waals surface area contributed by atoms with Crippen molar-refractivity contribution in [3.8, 4) is 16.9 Å². The van der Waals surface area contributed by atoms with Crippen LogP contribution in [0, 0.1) is 17.0 Å². The zero-order valence-corrected chi connectivity index (χ0v) is 13.8. The van der Waals surface area contributed by atoms with Gasteiger partial charge in [-0.2, -0.15) is 5.10 Å². The lowest BCUT2D eigenvalue weighted by Gasteiger charge is -2.06. The molecule has 8 heteroatoms. The first-order valence-corrected chi connectivity index (χ1v) is 7.60. The van der Waals surface area contributed by atoms with Gasteiger partial charge in [0, 0.05) is 17.7 Å². The lowest BCUT2D eigenvalue weighted by atomic mass is 10.1. The van der Waals surface area contributed by atoms with E-state index >= 15 is 0 Å². The summed E-state index contributed by atoms with van der Waals surface area (Å²) in [4.78, 5) is 22.0. The molecule has 1 aromatic heterocycles. The summed E-state index contributed by atoms with van der Waals surface area (Å²) in [6.45, 7) is 1.63. The highest BCUT2D eigenvalue weighted by Crippen LogP contribution is 2.30. The van der Waals surface area contributed by atoms with Crippen molar-refractivity contribution in [1.29, 1.82) is 0 Å². The van der Waals surface area contributed by atoms with Gasteiger partial charge in [0.05, 0.1) is 21.3 Å². The van der Waals surface area contributed by atoms with Crippen LogP contribution in [-0.4, -0.2) is 25.8 Å². The minimum absolute atomic E-state index is 0.0220. The fraction of sp³-hybridized carbons (Fsp3) is 0.0588. The monoisotopic (exact) mass is 357 g/mol. The Hall–Kier alpha value is -3.19. The van der Waals surface area contributed by atoms with Crippen molar-refractivity contribution in [3.05, 3.63) is 74.9 Å². The number of para-hydroxylation sites is 1. The van der Waals surface area contributed by atoms with Crippen LogP contribution in [0.25, 0.3) is 16.9 Å². The molecule has 25 heavy (non-hydrogen) atoms. The predicted octanol–water partition coefficient (Wildman–Crippen LogP) is 4.11. The van der Waals surface area contributed by atoms with E-state index in [2.05, 4.69) is 5.10 Å². The fourth-order valence-corrected chi connectivity index (χ4v) is 2.78. The molecule has 0 spiro atoms. The van der Waals surface area contributed by atoms with Gasteiger partial charge in [-0.1, -0.05) is 23.7 Å². The predicted molar refractivity (Wildman–Crippen MR) is 92.4 cm³/mol. The van der Waals surface area contributed by atoms with Crippen LogP contribution in [0.5, 0.6) is 0 Å². The summed E-state index contributed by atoms with van der Waals surface area (Å²) in [5, 5.41) is 25.2. The van der Waals surface area contributed by atoms with Crippen molar-refractivity contribution in [1.82, 2.24) is 9.78 Å². The SMILES string of the molecule is Cc1c(C(=O)O)c(-c2ccc([N+](=O)[O-])cc2)nn1-c1ccccc1Cl. The third kappa shape index (κ3) is 2.97. The standard InChI is InChI=1S/C17H12ClN3O4/c1-10-15(17(22)23)16(11-6-8-12(9-7-11)21(24)25)19-20(10)14-5-3-2-4-13(14)18/h2-9H,1H3,(H,22,23). The number of rotatable bonds is 4. The maximum absolute atomic E-state index is 11.7. The number of nitrogens with zero attached hydrogens (tertiary/aromatic N) is 3. The van der Waals surface area contributed by atoms with Crippen LogP contribution in [-0.2, 0) is 0 Å². The van der Waals surface area contributed by atoms with Crippen LogP contribution in [0.2, 0.25) is 5.02 Å². The van der Waals surface area contributed by atoms with Crippen molar-refractivity contribution in [2.75, 3.05) is 0 Å². The number of carbonyl (C=O) groups is 1. The normalized spacial score (nSPS) is 10.6. The molecule has 0 radical (unpaired) electrons. The van der Waals surface area contributed by atoms with Crippen molar-refractivity contribution in [2.24, 2.45) is 0 Å². The number of aromatic nitrogens is 2. The van der Waals surface area contributed by atoms with Gasteiger partial charge in [0.15, 0.2) is 0 Å². The van der Waals surface area contributed by atoms with Crippen LogP contribution >= 0.6 is 11.6 Å². The average molecular weight is 358 g/mol. The van der Waals surface area contributed by atoms with Crippen LogP contribution < -0.4 is 0 Å². The van der Waals surface area contributed by atoms with Gasteiger partial charge in [-0.25, -0.2) is 9.48 Å². The summed E-state index contributed by atoms with van der Waals surface area (Å²) in [5.41, 5.74) is 1.60. The topological polar surface area (TPSA) is 98.3 Å². The third-order valence-corrected chi connectivity index (χ3v) is 4.08. The highest BCUT2D eigenvalue weighted by Gasteiger charge is 2.23. The molecule has 126 valence electrons. The number of nitro groups is 1. The summed E-state index contributed by atoms with van der Waals surface area (Å²) < 4.78 is 1.46. The van der Waals surface area contributed by atoms with E-state index in [1.807, 2.05) is 0 Å². The summed E-state index contributed by atoms with van der Waals surface area (Å²) in [5.74, 6) is -1.14. The zero-order valence-electron chi connectivity index (χ0n) is 13.0. The molecule has 3 rings (SSSR count). The first kappa shape index (κ1) is 16.7. The Bertz CT molecular complexity index is 980. The van der Waals surface area contributed by atoms with Gasteiger partial charge in [-0.3, -0.25) is 10.1 Å². The van der Waals surface area contributed by atoms with Gasteiger partial charge in [0.1, 0.15) is 11.3 Å². The number of benzene rings is 2. The van der Waals surface area contributed by atoms with Crippen LogP contribution in [0.3, 0.4) is 0 Å². The molecule has 0 aliphatic rings. The first-order chi connectivity index (χ1) is 11.9. The highest BCUT2D eigenvalue weighted by atomic mass is 35.5. The number of carboxylic acid groups (broad SMARTS) is 1. The second-order valence-corrected chi connectivity index (χ2v) is 5.69. The second-order valence-electron chi connectivity index (χ2n) is 5.28. The number of hydrogen-bond acceptors (Lipinski definition) is 4. The van der Waals surface area contributed by atoms with Gasteiger partial charge < -0.3 is 5.11 Å². The minimum Gasteiger partial charge on any atom is -0.478 e. The Morgan fingerprint density at radius 1 is 1.20 bits per heavy atom. The zero-order chi connectivity index (χ0) is 18.1. The third-order valence-electron chi connectivity index (χ3n) is 3.76. The lowest BCUT2D eigenvalue weighted by Crippen LogP contribution is -2.03. The van der Waals surface area contributed by atoms with E-state index in [1.54, 1.807) is 31.2 Å². The number of halogens is 1. The minimum atomic E-state index is -1.14. The highest BCUT2D eigenvalue weighted by molar-refractivity contribution is 6.32. The number of hydrogen-bond donors (Lipinski definition) is 1. The van der Waals surface area contributed by atoms with Crippen LogP contribution in [0.4, 0.5) is 5.69 Å². The maximum Gasteiger partial charge on any atom is 0.339 e. The molecule has 1 heterocycles. The smallest absolute Gasteiger partial charge is 0.339 e. The second kappa shape index (κ2) is 6.37. The molecule has 0 saturated heterocycles. The van der Waals surface area contributed by atoms with Gasteiger partial charge in [-0.05, 0) is 31.2 Å². The Kier molecular flexibility index (Phi) is 4.24. The average Bonchev–Trinajstić information content (AvgIpc) is 2.93. The van der Waals surface area contributed by atoms with E-state index < -0.39 is 10.9 Å². The van der Waals surface area contributed by atoms with Gasteiger partial charge in [-0.15, -0.1) is 0 Å². The molecule has 3 aromatic rings. The summed E-state index contributed by atoms with van der Waals surface area (Å²) >= 11 is 6.19. The molecule has 2 aromatic carbocycles. The van der Waals surface area contributed by atoms with Gasteiger partial charge in [0.25, 0.3) is 5.69 Å². The maximum atomic E-state index is 11.7. The molecule has 0 atom stereocenters. The number of aromatic carboxylic acids is 1. The van der Waals surface area contributed by atoms with E-state index in [0.717, 1.165) is 0 Å². The molecular formula is C17H12ClN3O4. The van der Waals surface area contributed by atoms with Gasteiger partial charge >= 0.3 is 5.97 Å². The largest absolute Gasteiger partial charge is 0.478 e. The summed E-state index contributed by atoms with van der Waals surface area (Å²) in [6.07, 6.45) is 0. The fourth-order valence-electron chi connectivity index (χ4n) is 2.56. The van der Waals surface area contributed by atoms with Crippen LogP contribution in [0.15, 0.2) is 48.5 Å². The van der Waals surface area contributed by atoms with E-state index in [1.165, 1.54) is 28.9 Å². The molecule has 0 aliphatic carbocycles. The van der Waals surface area contributed by atoms with E-state index in [4.69, 9.17) is 11.6 Å². The summed E-state index contributed by atoms with van der Waals surface area (Å²) in [7, 11) is 0. The molecule has 0 fully saturated rings. The molecule has 0 aliphatic heterocycles. The molecule has 0 bridgehead atoms. The lowest BCUT2D eigenvalue weighted by molar-refractivity contribution is -0.384. The van der Waals surface area contributed by atoms with E-state index in [-0.39, 0.29) is 16.9 Å². The molecular weight excluding hydrogens is 346 g/mol. The number of carboxylic acids is 1. The van der Waals surface area contributed by atoms with Crippen molar-refractivity contribution in [3.63, 3.8) is 0 Å². The van der Waals surface area contributed by atoms with Gasteiger partial charge in [0.2, 0.25) is 0 Å². The Labute approximate surface area is 147 Å². The van der Waals surface area contributed by atoms with Crippen molar-refractivity contribution < 1.29 is 14.8 Å². The molecule has 7 nitrogen and oxygen atoms in total. The van der Waals surface area contributed by atoms with Crippen molar-refractivity contribution in [2.45, 2.75) is 6.92 Å². The molecule has 0 unspecified atom stereocenters. The van der Waals surface area contributed by atoms with Crippen molar-refractivity contribution >= 4 is 23.3 Å². The van der Waals surface area contributed by atoms with E-state index in [0.29, 0.717) is 22.0 Å². The molecule has 0 amide bonds. The molecule has 1 N–H and O–H groups in total. The van der Waals surface area contributed by atoms with E-state index in [9.17, 15) is 20.0 Å². The number of non-ortho nitro benzene ring substituents is 1. The quantitative estimate of drug-likeness (QED) is 0.559. The molecule has 0 saturated carbocycles. The Balaban J connectivity index is 2.20. The Morgan fingerprint density at radius 3 is 2.40 bits per heavy atom. The number of nitro benzene ring substituents is 1.